The summed E-state index contributed by atoms with van der Waals surface area (Å²) in [7, 11) is 0. The molecule has 2 N–H and O–H groups in total. The highest BCUT2D eigenvalue weighted by molar-refractivity contribution is 6.34. The molecule has 2 aromatic rings. The van der Waals surface area contributed by atoms with Crippen LogP contribution in [0.15, 0.2) is 47.6 Å². The summed E-state index contributed by atoms with van der Waals surface area (Å²) in [4.78, 5) is 12.0. The molecule has 21 heavy (non-hydrogen) atoms. The molecule has 2 aromatic carbocycles. The Balaban J connectivity index is 2.19. The van der Waals surface area contributed by atoms with Crippen molar-refractivity contribution in [3.63, 3.8) is 0 Å². The van der Waals surface area contributed by atoms with Gasteiger partial charge in [0.15, 0.2) is 0 Å². The predicted octanol–water partition coefficient (Wildman–Crippen LogP) is 3.85. The van der Waals surface area contributed by atoms with Gasteiger partial charge in [0.2, 0.25) is 0 Å². The van der Waals surface area contributed by atoms with Crippen LogP contribution < -0.4 is 5.43 Å². The zero-order chi connectivity index (χ0) is 15.4. The summed E-state index contributed by atoms with van der Waals surface area (Å²) >= 11 is 11.8. The van der Waals surface area contributed by atoms with Crippen LogP contribution in [0.2, 0.25) is 10.0 Å². The van der Waals surface area contributed by atoms with E-state index in [1.54, 1.807) is 49.4 Å². The molecule has 0 aliphatic rings. The van der Waals surface area contributed by atoms with Crippen LogP contribution in [0.25, 0.3) is 0 Å². The van der Waals surface area contributed by atoms with Gasteiger partial charge in [0.05, 0.1) is 21.3 Å². The highest BCUT2D eigenvalue weighted by Crippen LogP contribution is 2.27. The number of para-hydroxylation sites is 1. The SMILES string of the molecule is CC(=NNC(=O)c1ccccc1Cl)c1cccc(Cl)c1O. The number of benzene rings is 2. The summed E-state index contributed by atoms with van der Waals surface area (Å²) in [5, 5.41) is 14.4. The fourth-order valence-electron chi connectivity index (χ4n) is 1.71. The molecule has 0 radical (unpaired) electrons. The average Bonchev–Trinajstić information content (AvgIpc) is 2.47. The first kappa shape index (κ1) is 15.4. The van der Waals surface area contributed by atoms with E-state index in [0.717, 1.165) is 0 Å². The minimum absolute atomic E-state index is 0.0765. The van der Waals surface area contributed by atoms with Crippen LogP contribution in [0.1, 0.15) is 22.8 Å². The number of aromatic hydroxyl groups is 1. The van der Waals surface area contributed by atoms with E-state index in [0.29, 0.717) is 21.9 Å². The van der Waals surface area contributed by atoms with Gasteiger partial charge in [-0.25, -0.2) is 5.43 Å². The van der Waals surface area contributed by atoms with Gasteiger partial charge in [0.1, 0.15) is 5.75 Å². The van der Waals surface area contributed by atoms with Gasteiger partial charge in [0.25, 0.3) is 5.91 Å². The number of nitrogens with zero attached hydrogens (tertiary/aromatic N) is 1. The molecule has 108 valence electrons. The van der Waals surface area contributed by atoms with E-state index in [1.807, 2.05) is 0 Å². The van der Waals surface area contributed by atoms with Crippen molar-refractivity contribution in [2.45, 2.75) is 6.92 Å². The van der Waals surface area contributed by atoms with E-state index in [9.17, 15) is 9.90 Å². The molecule has 6 heteroatoms. The van der Waals surface area contributed by atoms with Gasteiger partial charge < -0.3 is 5.11 Å². The Morgan fingerprint density at radius 1 is 1.05 bits per heavy atom. The lowest BCUT2D eigenvalue weighted by Crippen LogP contribution is -2.19. The Bertz CT molecular complexity index is 715. The van der Waals surface area contributed by atoms with Crippen molar-refractivity contribution in [1.82, 2.24) is 5.43 Å². The van der Waals surface area contributed by atoms with Crippen molar-refractivity contribution in [3.05, 3.63) is 63.6 Å². The summed E-state index contributed by atoms with van der Waals surface area (Å²) < 4.78 is 0. The zero-order valence-electron chi connectivity index (χ0n) is 11.1. The number of phenolic OH excluding ortho intramolecular Hbond substituents is 1. The predicted molar refractivity (Wildman–Crippen MR) is 84.2 cm³/mol. The number of halogens is 2. The van der Waals surface area contributed by atoms with Crippen molar-refractivity contribution in [3.8, 4) is 5.75 Å². The Morgan fingerprint density at radius 3 is 2.38 bits per heavy atom. The maximum absolute atomic E-state index is 12.0. The molecule has 2 rings (SSSR count). The Labute approximate surface area is 132 Å². The largest absolute Gasteiger partial charge is 0.506 e. The molecule has 1 amide bonds. The highest BCUT2D eigenvalue weighted by Gasteiger charge is 2.11. The van der Waals surface area contributed by atoms with E-state index in [-0.39, 0.29) is 10.8 Å². The van der Waals surface area contributed by atoms with Crippen LogP contribution in [0.4, 0.5) is 0 Å². The van der Waals surface area contributed by atoms with E-state index in [4.69, 9.17) is 23.2 Å². The lowest BCUT2D eigenvalue weighted by Gasteiger charge is -2.06. The standard InChI is InChI=1S/C15H12Cl2N2O2/c1-9(10-6-4-8-13(17)14(10)20)18-19-15(21)11-5-2-3-7-12(11)16/h2-8,20H,1H3,(H,19,21). The van der Waals surface area contributed by atoms with Crippen LogP contribution in [0.5, 0.6) is 5.75 Å². The van der Waals surface area contributed by atoms with Gasteiger partial charge in [-0.3, -0.25) is 4.79 Å². The van der Waals surface area contributed by atoms with Crippen molar-refractivity contribution in [2.75, 3.05) is 0 Å². The first-order chi connectivity index (χ1) is 10.0. The van der Waals surface area contributed by atoms with Crippen molar-refractivity contribution in [2.24, 2.45) is 5.10 Å². The summed E-state index contributed by atoms with van der Waals surface area (Å²) in [6.07, 6.45) is 0. The Morgan fingerprint density at radius 2 is 1.67 bits per heavy atom. The Kier molecular flexibility index (Phi) is 4.83. The average molecular weight is 323 g/mol. The number of hydrogen-bond acceptors (Lipinski definition) is 3. The monoisotopic (exact) mass is 322 g/mol. The first-order valence-corrected chi connectivity index (χ1v) is 6.83. The van der Waals surface area contributed by atoms with Gasteiger partial charge in [0, 0.05) is 5.56 Å². The summed E-state index contributed by atoms with van der Waals surface area (Å²) in [6.45, 7) is 1.65. The van der Waals surface area contributed by atoms with Crippen molar-refractivity contribution in [1.29, 1.82) is 0 Å². The number of hydrogen-bond donors (Lipinski definition) is 2. The van der Waals surface area contributed by atoms with E-state index in [2.05, 4.69) is 10.5 Å². The third-order valence-corrected chi connectivity index (χ3v) is 3.45. The minimum atomic E-state index is -0.429. The molecule has 0 saturated heterocycles. The van der Waals surface area contributed by atoms with E-state index in [1.165, 1.54) is 0 Å². The molecular formula is C15H12Cl2N2O2. The zero-order valence-corrected chi connectivity index (χ0v) is 12.6. The second-order valence-corrected chi connectivity index (χ2v) is 5.07. The molecule has 0 aliphatic carbocycles. The third-order valence-electron chi connectivity index (χ3n) is 2.82. The van der Waals surface area contributed by atoms with Crippen molar-refractivity contribution < 1.29 is 9.90 Å². The summed E-state index contributed by atoms with van der Waals surface area (Å²) in [5.74, 6) is -0.506. The number of hydrazone groups is 1. The molecule has 0 aromatic heterocycles. The maximum atomic E-state index is 12.0. The quantitative estimate of drug-likeness (QED) is 0.666. The van der Waals surface area contributed by atoms with Crippen LogP contribution >= 0.6 is 23.2 Å². The number of rotatable bonds is 3. The lowest BCUT2D eigenvalue weighted by molar-refractivity contribution is 0.0955. The second kappa shape index (κ2) is 6.61. The molecule has 0 atom stereocenters. The fraction of sp³-hybridized carbons (Fsp3) is 0.0667. The normalized spacial score (nSPS) is 11.3. The van der Waals surface area contributed by atoms with Gasteiger partial charge in [-0.1, -0.05) is 41.4 Å². The summed E-state index contributed by atoms with van der Waals surface area (Å²) in [5.41, 5.74) is 3.59. The molecule has 0 spiro atoms. The molecule has 0 saturated carbocycles. The molecule has 0 fully saturated rings. The number of nitrogens with one attached hydrogen (secondary N) is 1. The smallest absolute Gasteiger partial charge is 0.272 e. The number of phenols is 1. The summed E-state index contributed by atoms with van der Waals surface area (Å²) in [6, 6.07) is 11.6. The van der Waals surface area contributed by atoms with Gasteiger partial charge >= 0.3 is 0 Å². The highest BCUT2D eigenvalue weighted by atomic mass is 35.5. The third kappa shape index (κ3) is 3.54. The van der Waals surface area contributed by atoms with E-state index < -0.39 is 5.91 Å². The molecule has 0 heterocycles. The molecule has 0 bridgehead atoms. The molecular weight excluding hydrogens is 311 g/mol. The lowest BCUT2D eigenvalue weighted by atomic mass is 10.1. The van der Waals surface area contributed by atoms with Crippen LogP contribution in [0, 0.1) is 0 Å². The second-order valence-electron chi connectivity index (χ2n) is 4.25. The molecule has 0 unspecified atom stereocenters. The molecule has 4 nitrogen and oxygen atoms in total. The van der Waals surface area contributed by atoms with Crippen LogP contribution in [-0.2, 0) is 0 Å². The number of carbonyl (C=O) groups is 1. The topological polar surface area (TPSA) is 61.7 Å². The van der Waals surface area contributed by atoms with Gasteiger partial charge in [-0.15, -0.1) is 0 Å². The molecule has 0 aliphatic heterocycles. The number of carbonyl (C=O) groups excluding carboxylic acids is 1. The van der Waals surface area contributed by atoms with Gasteiger partial charge in [-0.05, 0) is 31.2 Å². The van der Waals surface area contributed by atoms with Gasteiger partial charge in [-0.2, -0.15) is 5.10 Å². The van der Waals surface area contributed by atoms with Crippen LogP contribution in [0.3, 0.4) is 0 Å². The Hall–Kier alpha value is -2.04. The first-order valence-electron chi connectivity index (χ1n) is 6.07. The fourth-order valence-corrected chi connectivity index (χ4v) is 2.10. The van der Waals surface area contributed by atoms with Crippen LogP contribution in [-0.4, -0.2) is 16.7 Å². The number of amides is 1. The van der Waals surface area contributed by atoms with Crippen molar-refractivity contribution >= 4 is 34.8 Å². The minimum Gasteiger partial charge on any atom is -0.506 e. The maximum Gasteiger partial charge on any atom is 0.272 e. The van der Waals surface area contributed by atoms with E-state index >= 15 is 0 Å².